The summed E-state index contributed by atoms with van der Waals surface area (Å²) < 4.78 is 17.2. The molecule has 3 nitrogen and oxygen atoms in total. The highest BCUT2D eigenvalue weighted by molar-refractivity contribution is 7.80. The van der Waals surface area contributed by atoms with Gasteiger partial charge in [0.1, 0.15) is 5.75 Å². The third kappa shape index (κ3) is 3.07. The predicted molar refractivity (Wildman–Crippen MR) is 69.5 cm³/mol. The van der Waals surface area contributed by atoms with Gasteiger partial charge in [0.25, 0.3) is 0 Å². The summed E-state index contributed by atoms with van der Waals surface area (Å²) >= 11 is -1.47. The smallest absolute Gasteiger partial charge is 0.240 e. The van der Waals surface area contributed by atoms with E-state index in [2.05, 4.69) is 5.32 Å². The van der Waals surface area contributed by atoms with Crippen LogP contribution in [0.15, 0.2) is 59.5 Å². The number of hydrogen-bond acceptors (Lipinski definition) is 3. The monoisotopic (exact) mass is 247 g/mol. The summed E-state index contributed by atoms with van der Waals surface area (Å²) in [5, 5.41) is 3.00. The van der Waals surface area contributed by atoms with Crippen molar-refractivity contribution in [2.75, 3.05) is 12.4 Å². The van der Waals surface area contributed by atoms with E-state index < -0.39 is 11.1 Å². The Bertz CT molecular complexity index is 497. The van der Waals surface area contributed by atoms with Crippen LogP contribution in [0.25, 0.3) is 0 Å². The van der Waals surface area contributed by atoms with Crippen LogP contribution in [0, 0.1) is 0 Å². The third-order valence-corrected chi connectivity index (χ3v) is 3.25. The fourth-order valence-corrected chi connectivity index (χ4v) is 2.08. The van der Waals surface area contributed by atoms with Crippen molar-refractivity contribution in [3.05, 3.63) is 54.6 Å². The second-order valence-electron chi connectivity index (χ2n) is 3.41. The Labute approximate surface area is 103 Å². The largest absolute Gasteiger partial charge is 0.397 e. The quantitative estimate of drug-likeness (QED) is 0.902. The molecule has 2 aromatic carbocycles. The first-order chi connectivity index (χ1) is 8.29. The Morgan fingerprint density at radius 1 is 1.00 bits per heavy atom. The maximum Gasteiger partial charge on any atom is 0.240 e. The van der Waals surface area contributed by atoms with Crippen LogP contribution in [0.3, 0.4) is 0 Å². The van der Waals surface area contributed by atoms with Crippen LogP contribution in [-0.2, 0) is 11.1 Å². The first-order valence-electron chi connectivity index (χ1n) is 5.22. The van der Waals surface area contributed by atoms with Gasteiger partial charge in [-0.25, -0.2) is 4.21 Å². The maximum atomic E-state index is 11.9. The lowest BCUT2D eigenvalue weighted by Crippen LogP contribution is -2.01. The van der Waals surface area contributed by atoms with Crippen LogP contribution in [0.4, 0.5) is 5.69 Å². The second kappa shape index (κ2) is 5.50. The van der Waals surface area contributed by atoms with E-state index in [0.29, 0.717) is 10.6 Å². The summed E-state index contributed by atoms with van der Waals surface area (Å²) in [5.74, 6) is 0.600. The van der Waals surface area contributed by atoms with E-state index in [1.807, 2.05) is 37.4 Å². The molecule has 17 heavy (non-hydrogen) atoms. The fourth-order valence-electron chi connectivity index (χ4n) is 1.34. The van der Waals surface area contributed by atoms with Crippen molar-refractivity contribution < 1.29 is 8.39 Å². The average molecular weight is 247 g/mol. The molecule has 2 aromatic rings. The van der Waals surface area contributed by atoms with Gasteiger partial charge >= 0.3 is 0 Å². The zero-order chi connectivity index (χ0) is 12.1. The Kier molecular flexibility index (Phi) is 3.77. The summed E-state index contributed by atoms with van der Waals surface area (Å²) in [7, 11) is 1.84. The van der Waals surface area contributed by atoms with Gasteiger partial charge in [0.2, 0.25) is 11.1 Å². The highest BCUT2D eigenvalue weighted by atomic mass is 32.2. The number of nitrogens with one attached hydrogen (secondary N) is 1. The van der Waals surface area contributed by atoms with Gasteiger partial charge in [0, 0.05) is 12.7 Å². The van der Waals surface area contributed by atoms with Crippen molar-refractivity contribution in [2.24, 2.45) is 0 Å². The zero-order valence-electron chi connectivity index (χ0n) is 9.42. The molecule has 0 saturated carbocycles. The van der Waals surface area contributed by atoms with Crippen LogP contribution in [0.5, 0.6) is 5.75 Å². The molecule has 1 atom stereocenters. The van der Waals surface area contributed by atoms with E-state index in [4.69, 9.17) is 4.18 Å². The average Bonchev–Trinajstić information content (AvgIpc) is 2.40. The van der Waals surface area contributed by atoms with Gasteiger partial charge in [-0.3, -0.25) is 0 Å². The van der Waals surface area contributed by atoms with Crippen LogP contribution < -0.4 is 9.50 Å². The van der Waals surface area contributed by atoms with Gasteiger partial charge in [0.05, 0.1) is 4.90 Å². The Balaban J connectivity index is 2.09. The first kappa shape index (κ1) is 11.7. The summed E-state index contributed by atoms with van der Waals surface area (Å²) in [4.78, 5) is 0.646. The van der Waals surface area contributed by atoms with Crippen molar-refractivity contribution in [3.8, 4) is 5.75 Å². The number of anilines is 1. The predicted octanol–water partition coefficient (Wildman–Crippen LogP) is 2.83. The molecule has 0 amide bonds. The Morgan fingerprint density at radius 3 is 2.24 bits per heavy atom. The first-order valence-corrected chi connectivity index (χ1v) is 6.30. The third-order valence-electron chi connectivity index (χ3n) is 2.25. The summed E-state index contributed by atoms with van der Waals surface area (Å²) in [5.41, 5.74) is 0.977. The van der Waals surface area contributed by atoms with E-state index in [9.17, 15) is 4.21 Å². The second-order valence-corrected chi connectivity index (χ2v) is 4.51. The molecule has 1 unspecified atom stereocenters. The molecule has 0 aliphatic heterocycles. The molecule has 88 valence electrons. The lowest BCUT2D eigenvalue weighted by atomic mass is 10.3. The van der Waals surface area contributed by atoms with E-state index in [1.165, 1.54) is 0 Å². The molecule has 0 radical (unpaired) electrons. The molecule has 0 bridgehead atoms. The van der Waals surface area contributed by atoms with Gasteiger partial charge < -0.3 is 9.50 Å². The highest BCUT2D eigenvalue weighted by Crippen LogP contribution is 2.16. The number of rotatable bonds is 4. The van der Waals surface area contributed by atoms with Gasteiger partial charge in [-0.1, -0.05) is 18.2 Å². The normalized spacial score (nSPS) is 11.8. The molecule has 4 heteroatoms. The lowest BCUT2D eigenvalue weighted by Gasteiger charge is -2.05. The molecule has 0 fully saturated rings. The van der Waals surface area contributed by atoms with E-state index in [0.717, 1.165) is 5.69 Å². The topological polar surface area (TPSA) is 38.3 Å². The summed E-state index contributed by atoms with van der Waals surface area (Å²) in [6, 6.07) is 16.4. The molecule has 0 heterocycles. The highest BCUT2D eigenvalue weighted by Gasteiger charge is 2.05. The molecule has 0 aromatic heterocycles. The Morgan fingerprint density at radius 2 is 1.65 bits per heavy atom. The molecular formula is C13H13NO2S. The van der Waals surface area contributed by atoms with E-state index >= 15 is 0 Å². The van der Waals surface area contributed by atoms with Crippen molar-refractivity contribution in [3.63, 3.8) is 0 Å². The number of para-hydroxylation sites is 1. The SMILES string of the molecule is CNc1ccc(S(=O)Oc2ccccc2)cc1. The molecule has 1 N–H and O–H groups in total. The minimum absolute atomic E-state index is 0.600. The molecule has 0 spiro atoms. The molecular weight excluding hydrogens is 234 g/mol. The number of benzene rings is 2. The standard InChI is InChI=1S/C13H13NO2S/c1-14-11-7-9-13(10-8-11)17(15)16-12-5-3-2-4-6-12/h2-10,14H,1H3. The molecule has 2 rings (SSSR count). The van der Waals surface area contributed by atoms with Crippen LogP contribution in [0.2, 0.25) is 0 Å². The van der Waals surface area contributed by atoms with Gasteiger partial charge in [0.15, 0.2) is 0 Å². The van der Waals surface area contributed by atoms with Crippen LogP contribution in [0.1, 0.15) is 0 Å². The van der Waals surface area contributed by atoms with Crippen LogP contribution >= 0.6 is 0 Å². The number of hydrogen-bond donors (Lipinski definition) is 1. The Hall–Kier alpha value is -1.81. The zero-order valence-corrected chi connectivity index (χ0v) is 10.2. The van der Waals surface area contributed by atoms with Crippen molar-refractivity contribution in [1.82, 2.24) is 0 Å². The maximum absolute atomic E-state index is 11.9. The van der Waals surface area contributed by atoms with Gasteiger partial charge in [-0.05, 0) is 36.4 Å². The lowest BCUT2D eigenvalue weighted by molar-refractivity contribution is 0.562. The van der Waals surface area contributed by atoms with E-state index in [-0.39, 0.29) is 0 Å². The minimum atomic E-state index is -1.47. The molecule has 0 saturated heterocycles. The minimum Gasteiger partial charge on any atom is -0.397 e. The van der Waals surface area contributed by atoms with E-state index in [1.54, 1.807) is 24.3 Å². The molecule has 0 aliphatic rings. The van der Waals surface area contributed by atoms with Gasteiger partial charge in [-0.2, -0.15) is 0 Å². The summed E-state index contributed by atoms with van der Waals surface area (Å²) in [6.07, 6.45) is 0. The molecule has 0 aliphatic carbocycles. The summed E-state index contributed by atoms with van der Waals surface area (Å²) in [6.45, 7) is 0. The van der Waals surface area contributed by atoms with Gasteiger partial charge in [-0.15, -0.1) is 0 Å². The fraction of sp³-hybridized carbons (Fsp3) is 0.0769. The van der Waals surface area contributed by atoms with Crippen molar-refractivity contribution >= 4 is 16.8 Å². The van der Waals surface area contributed by atoms with Crippen LogP contribution in [-0.4, -0.2) is 11.3 Å². The van der Waals surface area contributed by atoms with Crippen molar-refractivity contribution in [1.29, 1.82) is 0 Å². The van der Waals surface area contributed by atoms with Crippen molar-refractivity contribution in [2.45, 2.75) is 4.90 Å².